The highest BCUT2D eigenvalue weighted by atomic mass is 32.2. The molecule has 0 fully saturated rings. The summed E-state index contributed by atoms with van der Waals surface area (Å²) in [4.78, 5) is 24.9. The lowest BCUT2D eigenvalue weighted by Crippen LogP contribution is -2.06. The second-order valence-corrected chi connectivity index (χ2v) is 9.14. The molecule has 10 heteroatoms. The van der Waals surface area contributed by atoms with Crippen molar-refractivity contribution in [1.82, 2.24) is 9.97 Å². The van der Waals surface area contributed by atoms with E-state index >= 15 is 0 Å². The molecular weight excluding hydrogens is 483 g/mol. The van der Waals surface area contributed by atoms with E-state index in [9.17, 15) is 13.4 Å². The maximum atomic E-state index is 13.0. The minimum absolute atomic E-state index is 0.0622. The molecule has 8 nitrogen and oxygen atoms in total. The molecule has 36 heavy (non-hydrogen) atoms. The lowest BCUT2D eigenvalue weighted by molar-refractivity contribution is -0.139. The molecule has 2 N–H and O–H groups in total. The Morgan fingerprint density at radius 2 is 1.94 bits per heavy atom. The van der Waals surface area contributed by atoms with E-state index in [1.54, 1.807) is 19.4 Å². The van der Waals surface area contributed by atoms with Gasteiger partial charge in [0.25, 0.3) is 0 Å². The number of benzene rings is 1. The number of methoxy groups -OCH3 is 2. The third-order valence-corrected chi connectivity index (χ3v) is 6.36. The van der Waals surface area contributed by atoms with Gasteiger partial charge in [-0.3, -0.25) is 9.79 Å². The van der Waals surface area contributed by atoms with E-state index in [-0.39, 0.29) is 23.2 Å². The number of pyridine rings is 2. The van der Waals surface area contributed by atoms with Gasteiger partial charge in [0.15, 0.2) is 5.65 Å². The van der Waals surface area contributed by atoms with Crippen LogP contribution in [0.4, 0.5) is 10.1 Å². The summed E-state index contributed by atoms with van der Waals surface area (Å²) >= 11 is 0. The zero-order chi connectivity index (χ0) is 26.8. The summed E-state index contributed by atoms with van der Waals surface area (Å²) in [5.74, 6) is 0.0234. The van der Waals surface area contributed by atoms with Crippen LogP contribution in [0.2, 0.25) is 0 Å². The molecule has 3 rings (SSSR count). The Kier molecular flexibility index (Phi) is 11.1. The molecule has 2 heterocycles. The van der Waals surface area contributed by atoms with Crippen molar-refractivity contribution in [2.45, 2.75) is 57.8 Å². The van der Waals surface area contributed by atoms with Gasteiger partial charge in [-0.1, -0.05) is 26.8 Å². The van der Waals surface area contributed by atoms with Gasteiger partial charge in [0.1, 0.15) is 16.8 Å². The number of hydrogen-bond donors (Lipinski definition) is 1. The number of rotatable bonds is 8. The second-order valence-electron chi connectivity index (χ2n) is 8.11. The molecule has 2 aromatic heterocycles. The zero-order valence-corrected chi connectivity index (χ0v) is 22.3. The van der Waals surface area contributed by atoms with Gasteiger partial charge in [-0.15, -0.1) is 0 Å². The summed E-state index contributed by atoms with van der Waals surface area (Å²) in [5, 5.41) is 5.99. The number of nitrogens with two attached hydrogens (primary N) is 1. The standard InChI is InChI=1S/C18H23N3O3.C8H10FNOS/c1-6-11(2)17-13-7-8-15(23-4)21-18(13)19-10-14(17)20-12(3)9-16(22)24-5;1-2-6-3-4-8(12(10)11)7(9)5-6/h7-8,10-11H,6,9H2,1-5H3;3-5H,2,10H2,1H3. The first-order chi connectivity index (χ1) is 17.1. The van der Waals surface area contributed by atoms with E-state index in [2.05, 4.69) is 28.8 Å². The smallest absolute Gasteiger partial charge is 0.311 e. The van der Waals surface area contributed by atoms with E-state index in [4.69, 9.17) is 14.6 Å². The minimum atomic E-state index is -1.73. The molecular formula is C26H33FN4O4S. The number of halogens is 1. The second kappa shape index (κ2) is 13.7. The van der Waals surface area contributed by atoms with Crippen molar-refractivity contribution in [2.75, 3.05) is 14.2 Å². The Morgan fingerprint density at radius 3 is 2.50 bits per heavy atom. The molecule has 2 atom stereocenters. The number of aryl methyl sites for hydroxylation is 1. The fourth-order valence-electron chi connectivity index (χ4n) is 3.45. The van der Waals surface area contributed by atoms with Gasteiger partial charge in [0, 0.05) is 17.2 Å². The first-order valence-electron chi connectivity index (χ1n) is 11.5. The molecule has 3 aromatic rings. The summed E-state index contributed by atoms with van der Waals surface area (Å²) in [5.41, 5.74) is 4.05. The number of esters is 1. The third kappa shape index (κ3) is 7.63. The Labute approximate surface area is 213 Å². The predicted octanol–water partition coefficient (Wildman–Crippen LogP) is 5.18. The van der Waals surface area contributed by atoms with Crippen LogP contribution in [0, 0.1) is 5.82 Å². The van der Waals surface area contributed by atoms with Crippen LogP contribution in [0.15, 0.2) is 46.4 Å². The highest BCUT2D eigenvalue weighted by Gasteiger charge is 2.16. The number of aromatic nitrogens is 2. The quantitative estimate of drug-likeness (QED) is 0.326. The minimum Gasteiger partial charge on any atom is -0.481 e. The number of nitrogens with zero attached hydrogens (tertiary/aromatic N) is 3. The average molecular weight is 517 g/mol. The number of aliphatic imine (C=N–C) groups is 1. The van der Waals surface area contributed by atoms with Crippen LogP contribution in [0.1, 0.15) is 57.6 Å². The molecule has 0 radical (unpaired) electrons. The zero-order valence-electron chi connectivity index (χ0n) is 21.5. The van der Waals surface area contributed by atoms with E-state index < -0.39 is 16.8 Å². The largest absolute Gasteiger partial charge is 0.481 e. The molecule has 194 valence electrons. The van der Waals surface area contributed by atoms with Crippen molar-refractivity contribution in [2.24, 2.45) is 10.1 Å². The molecule has 0 saturated heterocycles. The average Bonchev–Trinajstić information content (AvgIpc) is 2.87. The summed E-state index contributed by atoms with van der Waals surface area (Å²) in [6.45, 7) is 8.01. The van der Waals surface area contributed by atoms with Crippen LogP contribution < -0.4 is 9.88 Å². The predicted molar refractivity (Wildman–Crippen MR) is 141 cm³/mol. The van der Waals surface area contributed by atoms with E-state index in [1.807, 2.05) is 26.0 Å². The van der Waals surface area contributed by atoms with Gasteiger partial charge in [-0.05, 0) is 55.0 Å². The van der Waals surface area contributed by atoms with Crippen molar-refractivity contribution in [1.29, 1.82) is 0 Å². The number of fused-ring (bicyclic) bond motifs is 1. The Morgan fingerprint density at radius 1 is 1.22 bits per heavy atom. The third-order valence-electron chi connectivity index (χ3n) is 5.60. The molecule has 0 aliphatic carbocycles. The topological polar surface area (TPSA) is 117 Å². The van der Waals surface area contributed by atoms with E-state index in [1.165, 1.54) is 19.2 Å². The van der Waals surface area contributed by atoms with Gasteiger partial charge in [0.05, 0.1) is 37.4 Å². The highest BCUT2D eigenvalue weighted by Crippen LogP contribution is 2.35. The van der Waals surface area contributed by atoms with Crippen LogP contribution in [-0.2, 0) is 26.9 Å². The summed E-state index contributed by atoms with van der Waals surface area (Å²) in [6, 6.07) is 8.34. The van der Waals surface area contributed by atoms with Crippen molar-refractivity contribution >= 4 is 39.4 Å². The Hall–Kier alpha value is -3.24. The first kappa shape index (κ1) is 29.0. The molecule has 1 aromatic carbocycles. The van der Waals surface area contributed by atoms with E-state index in [0.717, 1.165) is 35.0 Å². The molecule has 2 unspecified atom stereocenters. The highest BCUT2D eigenvalue weighted by molar-refractivity contribution is 7.82. The molecule has 0 spiro atoms. The number of carbonyl (C=O) groups excluding carboxylic acids is 1. The Bertz CT molecular complexity index is 1270. The molecule has 0 bridgehead atoms. The summed E-state index contributed by atoms with van der Waals surface area (Å²) < 4.78 is 33.6. The van der Waals surface area contributed by atoms with Gasteiger partial charge >= 0.3 is 5.97 Å². The van der Waals surface area contributed by atoms with Gasteiger partial charge in [-0.25, -0.2) is 18.7 Å². The maximum absolute atomic E-state index is 13.0. The number of hydrogen-bond acceptors (Lipinski definition) is 7. The number of carbonyl (C=O) groups is 1. The summed E-state index contributed by atoms with van der Waals surface area (Å²) in [6.07, 6.45) is 3.59. The fourth-order valence-corrected chi connectivity index (χ4v) is 3.90. The molecule has 0 saturated carbocycles. The fraction of sp³-hybridized carbons (Fsp3) is 0.385. The van der Waals surface area contributed by atoms with Gasteiger partial charge in [-0.2, -0.15) is 4.98 Å². The maximum Gasteiger partial charge on any atom is 0.311 e. The monoisotopic (exact) mass is 516 g/mol. The van der Waals surface area contributed by atoms with Gasteiger partial charge in [0.2, 0.25) is 5.88 Å². The Balaban J connectivity index is 0.000000319. The van der Waals surface area contributed by atoms with Crippen LogP contribution in [0.25, 0.3) is 11.0 Å². The van der Waals surface area contributed by atoms with Gasteiger partial charge < -0.3 is 9.47 Å². The summed E-state index contributed by atoms with van der Waals surface area (Å²) in [7, 11) is 1.23. The number of ether oxygens (including phenoxy) is 2. The lowest BCUT2D eigenvalue weighted by atomic mass is 9.94. The SMILES string of the molecule is CCC(C)c1c(N=C(C)CC(=O)OC)cnc2nc(OC)ccc12.CCc1ccc(S(N)=O)c(F)c1. The van der Waals surface area contributed by atoms with Crippen LogP contribution >= 0.6 is 0 Å². The van der Waals surface area contributed by atoms with Crippen molar-refractivity contribution < 1.29 is 22.9 Å². The van der Waals surface area contributed by atoms with Crippen LogP contribution in [-0.4, -0.2) is 40.1 Å². The van der Waals surface area contributed by atoms with Crippen molar-refractivity contribution in [3.63, 3.8) is 0 Å². The lowest BCUT2D eigenvalue weighted by Gasteiger charge is -2.15. The first-order valence-corrected chi connectivity index (χ1v) is 12.8. The van der Waals surface area contributed by atoms with Crippen LogP contribution in [0.3, 0.4) is 0 Å². The van der Waals surface area contributed by atoms with Crippen LogP contribution in [0.5, 0.6) is 5.88 Å². The molecule has 0 aliphatic heterocycles. The van der Waals surface area contributed by atoms with Crippen molar-refractivity contribution in [3.8, 4) is 5.88 Å². The normalized spacial score (nSPS) is 12.9. The molecule has 0 amide bonds. The van der Waals surface area contributed by atoms with Crippen molar-refractivity contribution in [3.05, 3.63) is 53.5 Å². The van der Waals surface area contributed by atoms with E-state index in [0.29, 0.717) is 17.2 Å². The molecule has 0 aliphatic rings.